The van der Waals surface area contributed by atoms with Crippen LogP contribution in [-0.2, 0) is 0 Å². The highest BCUT2D eigenvalue weighted by atomic mass is 28.3. The summed E-state index contributed by atoms with van der Waals surface area (Å²) in [5.41, 5.74) is 0. The van der Waals surface area contributed by atoms with Crippen molar-refractivity contribution in [3.63, 3.8) is 0 Å². The lowest BCUT2D eigenvalue weighted by Gasteiger charge is -1.78. The van der Waals surface area contributed by atoms with Gasteiger partial charge in [-0.3, -0.25) is 0 Å². The molecule has 5 N–H and O–H groups in total. The molecule has 0 bridgehead atoms. The molecule has 0 saturated heterocycles. The van der Waals surface area contributed by atoms with E-state index in [0.29, 0.717) is 0 Å². The second-order valence-corrected chi connectivity index (χ2v) is 1.47. The van der Waals surface area contributed by atoms with Crippen LogP contribution in [0.3, 0.4) is 0 Å². The maximum Gasteiger partial charge on any atom is 0.326 e. The summed E-state index contributed by atoms with van der Waals surface area (Å²) < 4.78 is 0. The van der Waals surface area contributed by atoms with E-state index in [1.54, 1.807) is 0 Å². The van der Waals surface area contributed by atoms with E-state index < -0.39 is 9.36 Å². The number of hydrogen-bond donors (Lipinski definition) is 3. The molecule has 4 heteroatoms. The highest BCUT2D eigenvalue weighted by molar-refractivity contribution is 6.41. The van der Waals surface area contributed by atoms with Crippen LogP contribution in [0.25, 0.3) is 0 Å². The summed E-state index contributed by atoms with van der Waals surface area (Å²) in [6.45, 7) is 0. The molecule has 0 fully saturated rings. The molecular weight excluding hydrogens is 72.1 g/mol. The Labute approximate surface area is 26.1 Å². The van der Waals surface area contributed by atoms with Crippen molar-refractivity contribution >= 4 is 9.36 Å². The van der Waals surface area contributed by atoms with Gasteiger partial charge in [0.05, 0.1) is 0 Å². The van der Waals surface area contributed by atoms with Crippen LogP contribution in [0.2, 0.25) is 0 Å². The first-order valence-corrected chi connectivity index (χ1v) is 2.77. The SMILES string of the molecule is N[SiH](N)O. The third-order valence-electron chi connectivity index (χ3n) is 0. The highest BCUT2D eigenvalue weighted by Gasteiger charge is 1.75. The van der Waals surface area contributed by atoms with Gasteiger partial charge in [-0.05, 0) is 0 Å². The Morgan fingerprint density at radius 3 is 1.50 bits per heavy atom. The Balaban J connectivity index is 2.32. The lowest BCUT2D eigenvalue weighted by molar-refractivity contribution is 0.574. The van der Waals surface area contributed by atoms with Gasteiger partial charge in [-0.2, -0.15) is 0 Å². The molecular formula is H6N2OSi. The van der Waals surface area contributed by atoms with Gasteiger partial charge in [0.2, 0.25) is 0 Å². The van der Waals surface area contributed by atoms with Crippen LogP contribution < -0.4 is 10.8 Å². The van der Waals surface area contributed by atoms with Crippen molar-refractivity contribution in [2.75, 3.05) is 0 Å². The molecule has 0 radical (unpaired) electrons. The molecule has 0 spiro atoms. The van der Waals surface area contributed by atoms with E-state index in [1.807, 2.05) is 0 Å². The molecule has 0 unspecified atom stereocenters. The minimum atomic E-state index is -2.14. The van der Waals surface area contributed by atoms with E-state index in [-0.39, 0.29) is 0 Å². The number of rotatable bonds is 0. The van der Waals surface area contributed by atoms with Gasteiger partial charge in [0.1, 0.15) is 0 Å². The maximum atomic E-state index is 7.75. The topological polar surface area (TPSA) is 72.3 Å². The summed E-state index contributed by atoms with van der Waals surface area (Å²) >= 11 is 0. The molecule has 26 valence electrons. The second-order valence-electron chi connectivity index (χ2n) is 0.491. The Bertz CT molecular complexity index is 10.8. The first-order valence-electron chi connectivity index (χ1n) is 0.925. The van der Waals surface area contributed by atoms with Crippen LogP contribution >= 0.6 is 0 Å². The van der Waals surface area contributed by atoms with Gasteiger partial charge in [-0.15, -0.1) is 0 Å². The Morgan fingerprint density at radius 1 is 1.50 bits per heavy atom. The van der Waals surface area contributed by atoms with Gasteiger partial charge in [0, 0.05) is 0 Å². The molecule has 0 atom stereocenters. The van der Waals surface area contributed by atoms with Crippen LogP contribution in [0.4, 0.5) is 0 Å². The van der Waals surface area contributed by atoms with Gasteiger partial charge in [0.25, 0.3) is 0 Å². The largest absolute Gasteiger partial charge is 0.411 e. The van der Waals surface area contributed by atoms with Gasteiger partial charge >= 0.3 is 9.36 Å². The predicted molar refractivity (Wildman–Crippen MR) is 17.7 cm³/mol. The summed E-state index contributed by atoms with van der Waals surface area (Å²) in [7, 11) is -2.14. The Hall–Kier alpha value is 0.0969. The van der Waals surface area contributed by atoms with Crippen molar-refractivity contribution in [1.29, 1.82) is 0 Å². The van der Waals surface area contributed by atoms with Gasteiger partial charge in [0.15, 0.2) is 0 Å². The van der Waals surface area contributed by atoms with E-state index in [4.69, 9.17) is 4.80 Å². The molecule has 0 aromatic heterocycles. The summed E-state index contributed by atoms with van der Waals surface area (Å²) in [5.74, 6) is 0. The van der Waals surface area contributed by atoms with Crippen LogP contribution in [0.1, 0.15) is 0 Å². The summed E-state index contributed by atoms with van der Waals surface area (Å²) in [5, 5.41) is 9.17. The summed E-state index contributed by atoms with van der Waals surface area (Å²) in [6.07, 6.45) is 0. The monoisotopic (exact) mass is 78.0 g/mol. The van der Waals surface area contributed by atoms with Crippen molar-refractivity contribution in [3.05, 3.63) is 0 Å². The summed E-state index contributed by atoms with van der Waals surface area (Å²) in [6, 6.07) is 0. The highest BCUT2D eigenvalue weighted by Crippen LogP contribution is 1.20. The van der Waals surface area contributed by atoms with Crippen LogP contribution in [-0.4, -0.2) is 14.2 Å². The molecule has 0 aliphatic carbocycles. The molecule has 0 aliphatic heterocycles. The second kappa shape index (κ2) is 1.42. The van der Waals surface area contributed by atoms with Crippen LogP contribution in [0.5, 0.6) is 0 Å². The average Bonchev–Trinajstić information content (AvgIpc) is 0.811. The van der Waals surface area contributed by atoms with E-state index in [2.05, 4.69) is 10.8 Å². The Kier molecular flexibility index (Phi) is 1.45. The normalized spacial score (nSPS) is 9.00. The molecule has 0 aromatic carbocycles. The third-order valence-corrected chi connectivity index (χ3v) is 0. The van der Waals surface area contributed by atoms with Gasteiger partial charge in [-0.25, -0.2) is 0 Å². The van der Waals surface area contributed by atoms with E-state index in [0.717, 1.165) is 0 Å². The van der Waals surface area contributed by atoms with Crippen molar-refractivity contribution in [3.8, 4) is 0 Å². The molecule has 0 aromatic rings. The molecule has 4 heavy (non-hydrogen) atoms. The van der Waals surface area contributed by atoms with Crippen LogP contribution in [0, 0.1) is 0 Å². The van der Waals surface area contributed by atoms with Gasteiger partial charge < -0.3 is 15.6 Å². The standard InChI is InChI=1S/H6N2OSi/c1-4(2)3/h3-4H,1-2H2. The van der Waals surface area contributed by atoms with Crippen molar-refractivity contribution in [2.45, 2.75) is 0 Å². The van der Waals surface area contributed by atoms with E-state index >= 15 is 0 Å². The van der Waals surface area contributed by atoms with Crippen molar-refractivity contribution in [2.24, 2.45) is 10.8 Å². The van der Waals surface area contributed by atoms with Gasteiger partial charge in [-0.1, -0.05) is 0 Å². The summed E-state index contributed by atoms with van der Waals surface area (Å²) in [4.78, 5) is 7.75. The molecule has 0 amide bonds. The average molecular weight is 78.1 g/mol. The lowest BCUT2D eigenvalue weighted by atomic mass is 13.9. The molecule has 0 saturated carbocycles. The molecule has 0 heterocycles. The molecule has 0 aliphatic rings. The fraction of sp³-hybridized carbons (Fsp3) is 0. The molecule has 0 rings (SSSR count). The maximum absolute atomic E-state index is 7.75. The Morgan fingerprint density at radius 2 is 1.50 bits per heavy atom. The smallest absolute Gasteiger partial charge is 0.326 e. The lowest BCUT2D eigenvalue weighted by Crippen LogP contribution is -2.36. The van der Waals surface area contributed by atoms with Crippen LogP contribution in [0.15, 0.2) is 0 Å². The quantitative estimate of drug-likeness (QED) is 0.283. The first kappa shape index (κ1) is 4.10. The fourth-order valence-corrected chi connectivity index (χ4v) is 0. The minimum Gasteiger partial charge on any atom is -0.411 e. The predicted octanol–water partition coefficient (Wildman–Crippen LogP) is -2.39. The number of hydrogen-bond acceptors (Lipinski definition) is 3. The molecule has 3 nitrogen and oxygen atoms in total. The zero-order chi connectivity index (χ0) is 3.58. The first-order chi connectivity index (χ1) is 1.73. The minimum absolute atomic E-state index is 2.14. The van der Waals surface area contributed by atoms with E-state index in [1.165, 1.54) is 0 Å². The zero-order valence-corrected chi connectivity index (χ0v) is 3.33. The van der Waals surface area contributed by atoms with Crippen molar-refractivity contribution in [1.82, 2.24) is 0 Å². The van der Waals surface area contributed by atoms with E-state index in [9.17, 15) is 0 Å². The zero-order valence-electron chi connectivity index (χ0n) is 2.18. The number of nitrogens with two attached hydrogens (primary N) is 2. The third kappa shape index (κ3) is 269. The fourth-order valence-electron chi connectivity index (χ4n) is 0. The van der Waals surface area contributed by atoms with Crippen molar-refractivity contribution < 1.29 is 4.80 Å².